The minimum absolute atomic E-state index is 0.0738. The molecule has 5 N–H and O–H groups in total. The number of hydrogen-bond acceptors (Lipinski definition) is 5. The monoisotopic (exact) mass is 331 g/mol. The number of phenolic OH excluding ortho intramolecular Hbond substituents is 1. The molecule has 128 valence electrons. The second-order valence-electron chi connectivity index (χ2n) is 5.54. The van der Waals surface area contributed by atoms with Gasteiger partial charge in [-0.05, 0) is 18.7 Å². The standard InChI is InChI=1S/C18H21NO5/c1-19-17(22)15(12-9-5-6-10-13(12)20)14(16(21)18(23)24)11-7-3-2-4-8-11/h2-10,14-17,19-22H,1H3,(H,23,24). The number of aliphatic hydroxyl groups is 2. The number of hydrogen-bond donors (Lipinski definition) is 5. The third-order valence-corrected chi connectivity index (χ3v) is 4.10. The predicted molar refractivity (Wildman–Crippen MR) is 88.7 cm³/mol. The number of rotatable bonds is 7. The zero-order chi connectivity index (χ0) is 17.7. The van der Waals surface area contributed by atoms with Crippen LogP contribution in [0.1, 0.15) is 23.0 Å². The lowest BCUT2D eigenvalue weighted by Gasteiger charge is -2.33. The summed E-state index contributed by atoms with van der Waals surface area (Å²) >= 11 is 0. The van der Waals surface area contributed by atoms with Gasteiger partial charge in [-0.25, -0.2) is 4.79 Å². The summed E-state index contributed by atoms with van der Waals surface area (Å²) in [4.78, 5) is 11.4. The molecule has 0 aliphatic rings. The van der Waals surface area contributed by atoms with Gasteiger partial charge in [0.1, 0.15) is 12.0 Å². The molecule has 0 fully saturated rings. The van der Waals surface area contributed by atoms with E-state index in [-0.39, 0.29) is 5.75 Å². The van der Waals surface area contributed by atoms with Gasteiger partial charge in [0, 0.05) is 17.4 Å². The number of aromatic hydroxyl groups is 1. The number of carboxylic acids is 1. The number of aliphatic carboxylic acids is 1. The Balaban J connectivity index is 2.61. The molecule has 0 aromatic heterocycles. The molecular weight excluding hydrogens is 310 g/mol. The van der Waals surface area contributed by atoms with Gasteiger partial charge in [0.2, 0.25) is 0 Å². The van der Waals surface area contributed by atoms with E-state index in [4.69, 9.17) is 0 Å². The molecule has 2 rings (SSSR count). The van der Waals surface area contributed by atoms with Crippen LogP contribution in [0, 0.1) is 0 Å². The van der Waals surface area contributed by atoms with Crippen molar-refractivity contribution in [2.45, 2.75) is 24.2 Å². The Morgan fingerprint density at radius 3 is 2.08 bits per heavy atom. The Morgan fingerprint density at radius 2 is 1.54 bits per heavy atom. The third-order valence-electron chi connectivity index (χ3n) is 4.10. The van der Waals surface area contributed by atoms with Crippen LogP contribution in [0.4, 0.5) is 0 Å². The van der Waals surface area contributed by atoms with Crippen molar-refractivity contribution in [3.05, 3.63) is 65.7 Å². The van der Waals surface area contributed by atoms with E-state index in [2.05, 4.69) is 5.32 Å². The van der Waals surface area contributed by atoms with E-state index in [1.807, 2.05) is 0 Å². The molecule has 2 aromatic carbocycles. The smallest absolute Gasteiger partial charge is 0.333 e. The second kappa shape index (κ2) is 7.92. The fraction of sp³-hybridized carbons (Fsp3) is 0.278. The van der Waals surface area contributed by atoms with Crippen molar-refractivity contribution in [2.24, 2.45) is 0 Å². The van der Waals surface area contributed by atoms with Crippen LogP contribution in [0.25, 0.3) is 0 Å². The van der Waals surface area contributed by atoms with Crippen LogP contribution < -0.4 is 5.32 Å². The minimum Gasteiger partial charge on any atom is -0.508 e. The number of phenols is 1. The molecule has 6 nitrogen and oxygen atoms in total. The summed E-state index contributed by atoms with van der Waals surface area (Å²) in [5.74, 6) is -3.30. The fourth-order valence-electron chi connectivity index (χ4n) is 2.92. The molecule has 0 aliphatic heterocycles. The van der Waals surface area contributed by atoms with Gasteiger partial charge in [0.05, 0.1) is 0 Å². The van der Waals surface area contributed by atoms with Crippen LogP contribution in [0.2, 0.25) is 0 Å². The summed E-state index contributed by atoms with van der Waals surface area (Å²) in [5, 5.41) is 42.9. The normalized spacial score (nSPS) is 16.1. The summed E-state index contributed by atoms with van der Waals surface area (Å²) in [6.45, 7) is 0. The van der Waals surface area contributed by atoms with Crippen molar-refractivity contribution in [1.82, 2.24) is 5.32 Å². The number of carboxylic acid groups (broad SMARTS) is 1. The number of para-hydroxylation sites is 1. The van der Waals surface area contributed by atoms with E-state index in [0.29, 0.717) is 11.1 Å². The number of benzene rings is 2. The lowest BCUT2D eigenvalue weighted by atomic mass is 9.76. The van der Waals surface area contributed by atoms with Crippen LogP contribution in [0.5, 0.6) is 5.75 Å². The lowest BCUT2D eigenvalue weighted by Crippen LogP contribution is -2.41. The SMILES string of the molecule is CNC(O)C(c1ccccc1O)C(c1ccccc1)C(O)C(=O)O. The predicted octanol–water partition coefficient (Wildman–Crippen LogP) is 1.24. The maximum atomic E-state index is 11.4. The third kappa shape index (κ3) is 3.73. The first kappa shape index (κ1) is 17.9. The van der Waals surface area contributed by atoms with Gasteiger partial charge in [0.25, 0.3) is 0 Å². The number of nitrogens with one attached hydrogen (secondary N) is 1. The van der Waals surface area contributed by atoms with Crippen molar-refractivity contribution in [1.29, 1.82) is 0 Å². The van der Waals surface area contributed by atoms with Gasteiger partial charge in [-0.2, -0.15) is 0 Å². The number of aliphatic hydroxyl groups excluding tert-OH is 2. The Bertz CT molecular complexity index is 676. The molecule has 2 aromatic rings. The van der Waals surface area contributed by atoms with Gasteiger partial charge in [-0.15, -0.1) is 0 Å². The topological polar surface area (TPSA) is 110 Å². The average Bonchev–Trinajstić information content (AvgIpc) is 2.60. The molecule has 0 amide bonds. The Kier molecular flexibility index (Phi) is 5.92. The van der Waals surface area contributed by atoms with Crippen molar-refractivity contribution < 1.29 is 25.2 Å². The van der Waals surface area contributed by atoms with Crippen molar-refractivity contribution in [3.8, 4) is 5.75 Å². The molecule has 4 atom stereocenters. The van der Waals surface area contributed by atoms with E-state index in [1.54, 1.807) is 48.5 Å². The quantitative estimate of drug-likeness (QED) is 0.488. The fourth-order valence-corrected chi connectivity index (χ4v) is 2.92. The highest BCUT2D eigenvalue weighted by Crippen LogP contribution is 2.41. The zero-order valence-electron chi connectivity index (χ0n) is 13.2. The molecule has 0 saturated carbocycles. The van der Waals surface area contributed by atoms with Crippen molar-refractivity contribution in [3.63, 3.8) is 0 Å². The molecular formula is C18H21NO5. The number of likely N-dealkylation sites (N-methyl/N-ethyl adjacent to an activating group) is 1. The van der Waals surface area contributed by atoms with E-state index in [9.17, 15) is 25.2 Å². The van der Waals surface area contributed by atoms with Gasteiger partial charge in [-0.3, -0.25) is 5.32 Å². The van der Waals surface area contributed by atoms with E-state index < -0.39 is 30.1 Å². The highest BCUT2D eigenvalue weighted by Gasteiger charge is 2.39. The first-order valence-electron chi connectivity index (χ1n) is 7.56. The van der Waals surface area contributed by atoms with Gasteiger partial charge < -0.3 is 20.4 Å². The largest absolute Gasteiger partial charge is 0.508 e. The number of carbonyl (C=O) groups is 1. The Labute approximate surface area is 140 Å². The average molecular weight is 331 g/mol. The van der Waals surface area contributed by atoms with Crippen LogP contribution >= 0.6 is 0 Å². The summed E-state index contributed by atoms with van der Waals surface area (Å²) in [6.07, 6.45) is -2.92. The second-order valence-corrected chi connectivity index (χ2v) is 5.54. The summed E-state index contributed by atoms with van der Waals surface area (Å²) < 4.78 is 0. The Hall–Kier alpha value is -2.41. The molecule has 0 aliphatic carbocycles. The zero-order valence-corrected chi connectivity index (χ0v) is 13.2. The van der Waals surface area contributed by atoms with Gasteiger partial charge >= 0.3 is 5.97 Å². The highest BCUT2D eigenvalue weighted by atomic mass is 16.4. The summed E-state index contributed by atoms with van der Waals surface area (Å²) in [6, 6.07) is 15.0. The van der Waals surface area contributed by atoms with Crippen LogP contribution in [0.3, 0.4) is 0 Å². The van der Waals surface area contributed by atoms with Crippen molar-refractivity contribution in [2.75, 3.05) is 7.05 Å². The summed E-state index contributed by atoms with van der Waals surface area (Å²) in [7, 11) is 1.52. The van der Waals surface area contributed by atoms with Crippen LogP contribution in [-0.2, 0) is 4.79 Å². The van der Waals surface area contributed by atoms with Gasteiger partial charge in [0.15, 0.2) is 6.10 Å². The Morgan fingerprint density at radius 1 is 0.958 bits per heavy atom. The van der Waals surface area contributed by atoms with Gasteiger partial charge in [-0.1, -0.05) is 48.5 Å². The van der Waals surface area contributed by atoms with E-state index in [1.165, 1.54) is 13.1 Å². The minimum atomic E-state index is -1.75. The molecule has 6 heteroatoms. The first-order chi connectivity index (χ1) is 11.5. The van der Waals surface area contributed by atoms with E-state index in [0.717, 1.165) is 0 Å². The van der Waals surface area contributed by atoms with Crippen LogP contribution in [0.15, 0.2) is 54.6 Å². The van der Waals surface area contributed by atoms with E-state index >= 15 is 0 Å². The maximum absolute atomic E-state index is 11.4. The molecule has 0 radical (unpaired) electrons. The summed E-state index contributed by atoms with van der Waals surface area (Å²) in [5.41, 5.74) is 0.906. The molecule has 0 bridgehead atoms. The van der Waals surface area contributed by atoms with Crippen LogP contribution in [-0.4, -0.2) is 45.8 Å². The lowest BCUT2D eigenvalue weighted by molar-refractivity contribution is -0.148. The van der Waals surface area contributed by atoms with Crippen molar-refractivity contribution >= 4 is 5.97 Å². The highest BCUT2D eigenvalue weighted by molar-refractivity contribution is 5.74. The molecule has 24 heavy (non-hydrogen) atoms. The first-order valence-corrected chi connectivity index (χ1v) is 7.56. The molecule has 0 heterocycles. The molecule has 4 unspecified atom stereocenters. The maximum Gasteiger partial charge on any atom is 0.333 e. The molecule has 0 spiro atoms. The molecule has 0 saturated heterocycles.